The van der Waals surface area contributed by atoms with Crippen molar-refractivity contribution in [2.45, 2.75) is 33.2 Å². The van der Waals surface area contributed by atoms with Crippen molar-refractivity contribution in [2.24, 2.45) is 0 Å². The summed E-state index contributed by atoms with van der Waals surface area (Å²) in [6, 6.07) is 10.9. The molecule has 0 spiro atoms. The molecule has 0 saturated carbocycles. The molecule has 1 aliphatic rings. The summed E-state index contributed by atoms with van der Waals surface area (Å²) >= 11 is 0. The van der Waals surface area contributed by atoms with Gasteiger partial charge in [-0.1, -0.05) is 30.3 Å². The van der Waals surface area contributed by atoms with Crippen LogP contribution in [-0.4, -0.2) is 35.3 Å². The monoisotopic (exact) mass is 366 g/mol. The largest absolute Gasteiger partial charge is 0.507 e. The number of allylic oxidation sites excluding steroid dienone is 1. The van der Waals surface area contributed by atoms with Crippen LogP contribution in [0, 0.1) is 0 Å². The highest BCUT2D eigenvalue weighted by Gasteiger charge is 2.30. The first kappa shape index (κ1) is 19.0. The van der Waals surface area contributed by atoms with Gasteiger partial charge < -0.3 is 10.4 Å². The highest BCUT2D eigenvalue weighted by atomic mass is 16.7. The van der Waals surface area contributed by atoms with Crippen LogP contribution in [0.25, 0.3) is 16.7 Å². The van der Waals surface area contributed by atoms with Gasteiger partial charge in [0.15, 0.2) is 0 Å². The Morgan fingerprint density at radius 2 is 1.89 bits per heavy atom. The minimum absolute atomic E-state index is 0.137. The number of anilines is 1. The number of rotatable bonds is 4. The fraction of sp³-hybridized carbons (Fsp3) is 0.318. The van der Waals surface area contributed by atoms with Gasteiger partial charge >= 0.3 is 0 Å². The van der Waals surface area contributed by atoms with Crippen molar-refractivity contribution >= 4 is 17.2 Å². The van der Waals surface area contributed by atoms with Crippen molar-refractivity contribution < 1.29 is 14.7 Å². The van der Waals surface area contributed by atoms with E-state index in [0.29, 0.717) is 23.2 Å². The van der Waals surface area contributed by atoms with Crippen LogP contribution in [0.3, 0.4) is 0 Å². The number of para-hydroxylation sites is 1. The molecular weight excluding hydrogens is 340 g/mol. The molecule has 2 aromatic rings. The lowest BCUT2D eigenvalue weighted by Crippen LogP contribution is -2.34. The second-order valence-corrected chi connectivity index (χ2v) is 7.28. The van der Waals surface area contributed by atoms with Crippen LogP contribution >= 0.6 is 0 Å². The van der Waals surface area contributed by atoms with Crippen molar-refractivity contribution in [3.05, 3.63) is 53.6 Å². The minimum Gasteiger partial charge on any atom is -0.507 e. The third kappa shape index (κ3) is 3.43. The SMILES string of the molecule is CCN(OC)C(=O)c1c(-c2ccccc2O)ccc2c1C(C)=CC(C)(C)N2. The molecule has 0 aromatic heterocycles. The molecule has 0 saturated heterocycles. The van der Waals surface area contributed by atoms with Crippen molar-refractivity contribution in [1.29, 1.82) is 0 Å². The van der Waals surface area contributed by atoms with Crippen LogP contribution in [0.5, 0.6) is 5.75 Å². The summed E-state index contributed by atoms with van der Waals surface area (Å²) in [5.74, 6) is -0.0953. The highest BCUT2D eigenvalue weighted by Crippen LogP contribution is 2.42. The summed E-state index contributed by atoms with van der Waals surface area (Å²) in [5, 5.41) is 15.2. The zero-order chi connectivity index (χ0) is 19.8. The first-order valence-corrected chi connectivity index (χ1v) is 9.08. The predicted molar refractivity (Wildman–Crippen MR) is 109 cm³/mol. The lowest BCUT2D eigenvalue weighted by Gasteiger charge is -2.33. The zero-order valence-corrected chi connectivity index (χ0v) is 16.5. The first-order chi connectivity index (χ1) is 12.8. The number of amides is 1. The number of aromatic hydroxyl groups is 1. The molecule has 5 nitrogen and oxygen atoms in total. The van der Waals surface area contributed by atoms with E-state index in [9.17, 15) is 9.90 Å². The first-order valence-electron chi connectivity index (χ1n) is 9.08. The molecule has 0 unspecified atom stereocenters. The topological polar surface area (TPSA) is 61.8 Å². The molecule has 1 amide bonds. The molecule has 0 aliphatic carbocycles. The van der Waals surface area contributed by atoms with E-state index in [1.54, 1.807) is 12.1 Å². The van der Waals surface area contributed by atoms with E-state index >= 15 is 0 Å². The Labute approximate surface area is 160 Å². The van der Waals surface area contributed by atoms with Gasteiger partial charge in [0.1, 0.15) is 5.75 Å². The molecule has 1 aliphatic heterocycles. The summed E-state index contributed by atoms with van der Waals surface area (Å²) in [4.78, 5) is 18.6. The van der Waals surface area contributed by atoms with E-state index in [4.69, 9.17) is 4.84 Å². The molecule has 3 rings (SSSR count). The van der Waals surface area contributed by atoms with Crippen LogP contribution in [-0.2, 0) is 4.84 Å². The lowest BCUT2D eigenvalue weighted by atomic mass is 9.84. The molecule has 2 N–H and O–H groups in total. The Balaban J connectivity index is 2.32. The van der Waals surface area contributed by atoms with E-state index in [0.717, 1.165) is 16.8 Å². The van der Waals surface area contributed by atoms with Gasteiger partial charge in [-0.05, 0) is 51.0 Å². The third-order valence-electron chi connectivity index (χ3n) is 4.78. The molecule has 0 atom stereocenters. The summed E-state index contributed by atoms with van der Waals surface area (Å²) < 4.78 is 0. The van der Waals surface area contributed by atoms with Crippen LogP contribution in [0.2, 0.25) is 0 Å². The smallest absolute Gasteiger partial charge is 0.278 e. The van der Waals surface area contributed by atoms with Gasteiger partial charge in [-0.25, -0.2) is 5.06 Å². The van der Waals surface area contributed by atoms with Crippen molar-refractivity contribution in [2.75, 3.05) is 19.0 Å². The van der Waals surface area contributed by atoms with E-state index in [1.165, 1.54) is 12.2 Å². The fourth-order valence-corrected chi connectivity index (χ4v) is 3.74. The van der Waals surface area contributed by atoms with Crippen molar-refractivity contribution in [1.82, 2.24) is 5.06 Å². The van der Waals surface area contributed by atoms with Crippen LogP contribution in [0.15, 0.2) is 42.5 Å². The summed E-state index contributed by atoms with van der Waals surface area (Å²) in [6.45, 7) is 8.47. The highest BCUT2D eigenvalue weighted by molar-refractivity contribution is 6.08. The van der Waals surface area contributed by atoms with E-state index in [1.807, 2.05) is 38.1 Å². The number of carbonyl (C=O) groups is 1. The summed E-state index contributed by atoms with van der Waals surface area (Å²) in [7, 11) is 1.49. The Morgan fingerprint density at radius 3 is 2.52 bits per heavy atom. The molecule has 27 heavy (non-hydrogen) atoms. The Morgan fingerprint density at radius 1 is 1.19 bits per heavy atom. The lowest BCUT2D eigenvalue weighted by molar-refractivity contribution is -0.0914. The molecule has 5 heteroatoms. The number of hydroxylamine groups is 2. The maximum atomic E-state index is 13.4. The maximum absolute atomic E-state index is 13.4. The number of benzene rings is 2. The number of hydrogen-bond donors (Lipinski definition) is 2. The molecule has 0 fully saturated rings. The Hall–Kier alpha value is -2.79. The molecule has 1 heterocycles. The standard InChI is InChI=1S/C22H26N2O3/c1-6-24(27-5)21(26)20-16(15-9-7-8-10-18(15)25)11-12-17-19(20)14(2)13-22(3,4)23-17/h7-13,23,25H,6H2,1-5H3. The number of fused-ring (bicyclic) bond motifs is 1. The number of carbonyl (C=O) groups excluding carboxylic acids is 1. The average molecular weight is 366 g/mol. The van der Waals surface area contributed by atoms with Gasteiger partial charge in [0.25, 0.3) is 5.91 Å². The van der Waals surface area contributed by atoms with Crippen LogP contribution < -0.4 is 5.32 Å². The number of hydrogen-bond acceptors (Lipinski definition) is 4. The third-order valence-corrected chi connectivity index (χ3v) is 4.78. The van der Waals surface area contributed by atoms with Crippen LogP contribution in [0.4, 0.5) is 5.69 Å². The second-order valence-electron chi connectivity index (χ2n) is 7.28. The fourth-order valence-electron chi connectivity index (χ4n) is 3.74. The van der Waals surface area contributed by atoms with Gasteiger partial charge in [0.05, 0.1) is 18.2 Å². The minimum atomic E-state index is -0.232. The van der Waals surface area contributed by atoms with Gasteiger partial charge in [0.2, 0.25) is 0 Å². The molecule has 2 aromatic carbocycles. The van der Waals surface area contributed by atoms with Crippen molar-refractivity contribution in [3.8, 4) is 16.9 Å². The molecule has 0 bridgehead atoms. The number of phenols is 1. The van der Waals surface area contributed by atoms with E-state index < -0.39 is 0 Å². The van der Waals surface area contributed by atoms with Crippen molar-refractivity contribution in [3.63, 3.8) is 0 Å². The predicted octanol–water partition coefficient (Wildman–Crippen LogP) is 4.69. The summed E-state index contributed by atoms with van der Waals surface area (Å²) in [5.41, 5.74) is 4.37. The second kappa shape index (κ2) is 7.08. The summed E-state index contributed by atoms with van der Waals surface area (Å²) in [6.07, 6.45) is 2.11. The van der Waals surface area contributed by atoms with Gasteiger partial charge in [-0.3, -0.25) is 9.63 Å². The molecule has 142 valence electrons. The molecular formula is C22H26N2O3. The van der Waals surface area contributed by atoms with E-state index in [-0.39, 0.29) is 17.2 Å². The number of nitrogens with one attached hydrogen (secondary N) is 1. The number of nitrogens with zero attached hydrogens (tertiary/aromatic N) is 1. The average Bonchev–Trinajstić information content (AvgIpc) is 2.61. The van der Waals surface area contributed by atoms with E-state index in [2.05, 4.69) is 25.2 Å². The van der Waals surface area contributed by atoms with Gasteiger partial charge in [-0.15, -0.1) is 0 Å². The number of phenolic OH excluding ortho intramolecular Hbond substituents is 1. The molecule has 0 radical (unpaired) electrons. The van der Waals surface area contributed by atoms with Gasteiger partial charge in [0, 0.05) is 23.4 Å². The Kier molecular flexibility index (Phi) is 4.98. The Bertz CT molecular complexity index is 912. The zero-order valence-electron chi connectivity index (χ0n) is 16.5. The normalized spacial score (nSPS) is 14.8. The van der Waals surface area contributed by atoms with Gasteiger partial charge in [-0.2, -0.15) is 0 Å². The quantitative estimate of drug-likeness (QED) is 0.771. The maximum Gasteiger partial charge on any atom is 0.278 e. The van der Waals surface area contributed by atoms with Crippen LogP contribution in [0.1, 0.15) is 43.6 Å².